The summed E-state index contributed by atoms with van der Waals surface area (Å²) >= 11 is 0. The third kappa shape index (κ3) is 4.60. The lowest BCUT2D eigenvalue weighted by molar-refractivity contribution is -0.123. The molecule has 1 heterocycles. The Morgan fingerprint density at radius 3 is 2.52 bits per heavy atom. The first-order valence-electron chi connectivity index (χ1n) is 10.9. The van der Waals surface area contributed by atoms with Gasteiger partial charge in [-0.25, -0.2) is 4.68 Å². The summed E-state index contributed by atoms with van der Waals surface area (Å²) in [7, 11) is 0. The SMILES string of the molecule is CCc1cccc(-c2cc(=O)n(CC(=O)NC3CC(C)C3)nc2C(C)C)c1CC. The average Bonchev–Trinajstić information content (AvgIpc) is 2.67. The van der Waals surface area contributed by atoms with E-state index in [0.717, 1.165) is 42.5 Å². The van der Waals surface area contributed by atoms with Crippen LogP contribution in [-0.2, 0) is 24.2 Å². The first-order chi connectivity index (χ1) is 13.8. The lowest BCUT2D eigenvalue weighted by Gasteiger charge is -2.33. The number of amides is 1. The van der Waals surface area contributed by atoms with Crippen molar-refractivity contribution in [3.63, 3.8) is 0 Å². The predicted molar refractivity (Wildman–Crippen MR) is 117 cm³/mol. The summed E-state index contributed by atoms with van der Waals surface area (Å²) in [6.07, 6.45) is 3.89. The zero-order valence-electron chi connectivity index (χ0n) is 18.3. The van der Waals surface area contributed by atoms with Crippen molar-refractivity contribution in [2.75, 3.05) is 0 Å². The van der Waals surface area contributed by atoms with Crippen LogP contribution in [-0.4, -0.2) is 21.7 Å². The number of nitrogens with one attached hydrogen (secondary N) is 1. The summed E-state index contributed by atoms with van der Waals surface area (Å²) in [6.45, 7) is 10.6. The predicted octanol–water partition coefficient (Wildman–Crippen LogP) is 4.07. The van der Waals surface area contributed by atoms with Crippen molar-refractivity contribution in [2.24, 2.45) is 5.92 Å². The highest BCUT2D eigenvalue weighted by molar-refractivity contribution is 5.76. The smallest absolute Gasteiger partial charge is 0.267 e. The molecule has 5 heteroatoms. The van der Waals surface area contributed by atoms with Gasteiger partial charge in [-0.05, 0) is 54.2 Å². The van der Waals surface area contributed by atoms with Crippen LogP contribution in [0, 0.1) is 5.92 Å². The van der Waals surface area contributed by atoms with Crippen molar-refractivity contribution in [3.05, 3.63) is 51.4 Å². The van der Waals surface area contributed by atoms with E-state index in [-0.39, 0.29) is 30.0 Å². The van der Waals surface area contributed by atoms with Crippen LogP contribution in [0.3, 0.4) is 0 Å². The van der Waals surface area contributed by atoms with E-state index < -0.39 is 0 Å². The van der Waals surface area contributed by atoms with Gasteiger partial charge in [0.2, 0.25) is 5.91 Å². The van der Waals surface area contributed by atoms with Crippen molar-refractivity contribution in [2.45, 2.75) is 78.8 Å². The minimum absolute atomic E-state index is 0.0284. The molecule has 0 aliphatic heterocycles. The maximum absolute atomic E-state index is 12.8. The third-order valence-electron chi connectivity index (χ3n) is 5.90. The molecule has 0 radical (unpaired) electrons. The lowest BCUT2D eigenvalue weighted by atomic mass is 9.82. The molecular formula is C24H33N3O2. The summed E-state index contributed by atoms with van der Waals surface area (Å²) in [5.41, 5.74) is 5.18. The third-order valence-corrected chi connectivity index (χ3v) is 5.90. The summed E-state index contributed by atoms with van der Waals surface area (Å²) < 4.78 is 1.31. The quantitative estimate of drug-likeness (QED) is 0.768. The van der Waals surface area contributed by atoms with E-state index in [4.69, 9.17) is 0 Å². The molecule has 0 unspecified atom stereocenters. The summed E-state index contributed by atoms with van der Waals surface area (Å²) in [6, 6.07) is 8.18. The van der Waals surface area contributed by atoms with Gasteiger partial charge in [0, 0.05) is 17.7 Å². The molecule has 5 nitrogen and oxygen atoms in total. The molecule has 1 saturated carbocycles. The molecule has 3 rings (SSSR count). The zero-order valence-corrected chi connectivity index (χ0v) is 18.3. The van der Waals surface area contributed by atoms with E-state index in [1.807, 2.05) is 0 Å². The van der Waals surface area contributed by atoms with Crippen molar-refractivity contribution < 1.29 is 4.79 Å². The Kier molecular flexibility index (Phi) is 6.56. The van der Waals surface area contributed by atoms with E-state index >= 15 is 0 Å². The van der Waals surface area contributed by atoms with Gasteiger partial charge in [-0.15, -0.1) is 0 Å². The molecule has 1 aromatic heterocycles. The van der Waals surface area contributed by atoms with E-state index in [1.165, 1.54) is 15.8 Å². The van der Waals surface area contributed by atoms with Crippen LogP contribution in [0.15, 0.2) is 29.1 Å². The number of hydrogen-bond acceptors (Lipinski definition) is 3. The molecule has 0 spiro atoms. The van der Waals surface area contributed by atoms with Gasteiger partial charge < -0.3 is 5.32 Å². The Balaban J connectivity index is 1.95. The molecule has 2 aromatic rings. The highest BCUT2D eigenvalue weighted by Crippen LogP contribution is 2.31. The Morgan fingerprint density at radius 1 is 1.21 bits per heavy atom. The van der Waals surface area contributed by atoms with Crippen molar-refractivity contribution in [3.8, 4) is 11.1 Å². The number of carbonyl (C=O) groups is 1. The number of aromatic nitrogens is 2. The van der Waals surface area contributed by atoms with Crippen LogP contribution in [0.5, 0.6) is 0 Å². The largest absolute Gasteiger partial charge is 0.352 e. The van der Waals surface area contributed by atoms with Crippen molar-refractivity contribution >= 4 is 5.91 Å². The Bertz CT molecular complexity index is 940. The first kappa shape index (κ1) is 21.3. The molecule has 0 bridgehead atoms. The van der Waals surface area contributed by atoms with E-state index in [0.29, 0.717) is 5.92 Å². The van der Waals surface area contributed by atoms with Crippen LogP contribution < -0.4 is 10.9 Å². The van der Waals surface area contributed by atoms with Gasteiger partial charge in [-0.2, -0.15) is 5.10 Å². The van der Waals surface area contributed by atoms with Gasteiger partial charge >= 0.3 is 0 Å². The zero-order chi connectivity index (χ0) is 21.1. The van der Waals surface area contributed by atoms with Gasteiger partial charge in [0.15, 0.2) is 0 Å². The molecule has 29 heavy (non-hydrogen) atoms. The lowest BCUT2D eigenvalue weighted by Crippen LogP contribution is -2.45. The normalized spacial score (nSPS) is 18.6. The number of benzene rings is 1. The topological polar surface area (TPSA) is 64.0 Å². The fraction of sp³-hybridized carbons (Fsp3) is 0.542. The second kappa shape index (κ2) is 8.93. The average molecular weight is 396 g/mol. The second-order valence-electron chi connectivity index (χ2n) is 8.59. The van der Waals surface area contributed by atoms with Crippen LogP contribution >= 0.6 is 0 Å². The van der Waals surface area contributed by atoms with Gasteiger partial charge in [-0.3, -0.25) is 9.59 Å². The molecule has 1 fully saturated rings. The second-order valence-corrected chi connectivity index (χ2v) is 8.59. The van der Waals surface area contributed by atoms with Crippen LogP contribution in [0.2, 0.25) is 0 Å². The molecule has 1 amide bonds. The number of carbonyl (C=O) groups excluding carboxylic acids is 1. The van der Waals surface area contributed by atoms with Gasteiger partial charge in [0.05, 0.1) is 5.69 Å². The van der Waals surface area contributed by atoms with Crippen LogP contribution in [0.4, 0.5) is 0 Å². The van der Waals surface area contributed by atoms with Gasteiger partial charge in [-0.1, -0.05) is 52.8 Å². The van der Waals surface area contributed by atoms with Crippen LogP contribution in [0.1, 0.15) is 70.2 Å². The Hall–Kier alpha value is -2.43. The van der Waals surface area contributed by atoms with Crippen molar-refractivity contribution in [1.82, 2.24) is 15.1 Å². The van der Waals surface area contributed by atoms with E-state index in [1.54, 1.807) is 6.07 Å². The van der Waals surface area contributed by atoms with E-state index in [2.05, 4.69) is 63.2 Å². The number of nitrogens with zero attached hydrogens (tertiary/aromatic N) is 2. The number of rotatable bonds is 7. The van der Waals surface area contributed by atoms with Gasteiger partial charge in [0.1, 0.15) is 6.54 Å². The molecule has 0 atom stereocenters. The standard InChI is InChI=1S/C24H33N3O2/c1-6-17-9-8-10-20(19(17)7-2)21-13-23(29)27(26-24(21)15(3)4)14-22(28)25-18-11-16(5)12-18/h8-10,13,15-16,18H,6-7,11-12,14H2,1-5H3,(H,25,28). The highest BCUT2D eigenvalue weighted by Gasteiger charge is 2.27. The number of hydrogen-bond donors (Lipinski definition) is 1. The maximum Gasteiger partial charge on any atom is 0.267 e. The summed E-state index contributed by atoms with van der Waals surface area (Å²) in [4.78, 5) is 25.2. The Labute approximate surface area is 173 Å². The minimum atomic E-state index is -0.231. The first-order valence-corrected chi connectivity index (χ1v) is 10.9. The summed E-state index contributed by atoms with van der Waals surface area (Å²) in [5.74, 6) is 0.670. The molecule has 1 aliphatic carbocycles. The molecule has 1 aromatic carbocycles. The highest BCUT2D eigenvalue weighted by atomic mass is 16.2. The van der Waals surface area contributed by atoms with Crippen LogP contribution in [0.25, 0.3) is 11.1 Å². The fourth-order valence-corrected chi connectivity index (χ4v) is 4.33. The molecular weight excluding hydrogens is 362 g/mol. The summed E-state index contributed by atoms with van der Waals surface area (Å²) in [5, 5.41) is 7.64. The Morgan fingerprint density at radius 2 is 1.93 bits per heavy atom. The maximum atomic E-state index is 12.8. The van der Waals surface area contributed by atoms with Gasteiger partial charge in [0.25, 0.3) is 5.56 Å². The van der Waals surface area contributed by atoms with Crippen molar-refractivity contribution in [1.29, 1.82) is 0 Å². The fourth-order valence-electron chi connectivity index (χ4n) is 4.33. The minimum Gasteiger partial charge on any atom is -0.352 e. The number of aryl methyl sites for hydroxylation is 1. The monoisotopic (exact) mass is 395 g/mol. The molecule has 1 N–H and O–H groups in total. The molecule has 156 valence electrons. The van der Waals surface area contributed by atoms with E-state index in [9.17, 15) is 9.59 Å². The molecule has 0 saturated heterocycles. The molecule has 1 aliphatic rings.